The normalized spacial score (nSPS) is 14.8. The second kappa shape index (κ2) is 11.7. The molecule has 1 aliphatic rings. The molecule has 0 aliphatic heterocycles. The topological polar surface area (TPSA) is 150 Å². The van der Waals surface area contributed by atoms with Gasteiger partial charge in [0, 0.05) is 29.4 Å². The Hall–Kier alpha value is -4.85. The summed E-state index contributed by atoms with van der Waals surface area (Å²) in [6.45, 7) is -0.405. The number of alkyl halides is 3. The van der Waals surface area contributed by atoms with Gasteiger partial charge in [0.15, 0.2) is 9.84 Å². The number of esters is 1. The van der Waals surface area contributed by atoms with Gasteiger partial charge in [-0.3, -0.25) is 4.79 Å². The summed E-state index contributed by atoms with van der Waals surface area (Å²) in [6.07, 6.45) is -3.03. The third-order valence-electron chi connectivity index (χ3n) is 7.07. The molecule has 0 bridgehead atoms. The van der Waals surface area contributed by atoms with Crippen LogP contribution in [-0.4, -0.2) is 43.8 Å². The van der Waals surface area contributed by atoms with E-state index in [1.54, 1.807) is 18.2 Å². The van der Waals surface area contributed by atoms with E-state index in [4.69, 9.17) is 15.2 Å². The van der Waals surface area contributed by atoms with Crippen molar-refractivity contribution in [2.75, 3.05) is 18.2 Å². The molecule has 1 aliphatic carbocycles. The van der Waals surface area contributed by atoms with Crippen molar-refractivity contribution in [1.82, 2.24) is 10.3 Å². The number of sulfone groups is 1. The molecule has 14 heteroatoms. The van der Waals surface area contributed by atoms with Crippen molar-refractivity contribution >= 4 is 44.0 Å². The van der Waals surface area contributed by atoms with Gasteiger partial charge in [-0.2, -0.15) is 13.2 Å². The van der Waals surface area contributed by atoms with Crippen LogP contribution >= 0.6 is 0 Å². The molecular formula is C30H27F3N4O6S. The molecule has 3 aromatic carbocycles. The van der Waals surface area contributed by atoms with Crippen LogP contribution in [0.3, 0.4) is 0 Å². The Morgan fingerprint density at radius 3 is 2.48 bits per heavy atom. The van der Waals surface area contributed by atoms with Crippen LogP contribution in [0.15, 0.2) is 83.9 Å². The highest BCUT2D eigenvalue weighted by Crippen LogP contribution is 2.37. The maximum Gasteiger partial charge on any atom is 0.491 e. The van der Waals surface area contributed by atoms with Crippen LogP contribution in [0, 0.1) is 0 Å². The molecule has 0 spiro atoms. The minimum atomic E-state index is -5.47. The van der Waals surface area contributed by atoms with E-state index in [0.717, 1.165) is 0 Å². The minimum Gasteiger partial charge on any atom is -0.497 e. The Balaban J connectivity index is 1.61. The molecule has 1 fully saturated rings. The van der Waals surface area contributed by atoms with E-state index in [9.17, 15) is 31.2 Å². The number of ether oxygens (including phenoxy) is 2. The Kier molecular flexibility index (Phi) is 8.12. The zero-order chi connectivity index (χ0) is 31.7. The summed E-state index contributed by atoms with van der Waals surface area (Å²) in [5.74, 6) is -3.50. The number of hydrogen-bond donors (Lipinski definition) is 3. The first-order valence-corrected chi connectivity index (χ1v) is 14.9. The van der Waals surface area contributed by atoms with E-state index in [0.29, 0.717) is 23.6 Å². The van der Waals surface area contributed by atoms with E-state index >= 15 is 0 Å². The molecule has 230 valence electrons. The number of hydrogen-bond acceptors (Lipinski definition) is 9. The molecule has 1 aromatic heterocycles. The first-order chi connectivity index (χ1) is 20.8. The van der Waals surface area contributed by atoms with Crippen molar-refractivity contribution in [2.24, 2.45) is 0 Å². The molecule has 44 heavy (non-hydrogen) atoms. The van der Waals surface area contributed by atoms with Gasteiger partial charge in [0.1, 0.15) is 11.6 Å². The highest BCUT2D eigenvalue weighted by molar-refractivity contribution is 7.92. The highest BCUT2D eigenvalue weighted by atomic mass is 32.2. The first kappa shape index (κ1) is 30.6. The molecule has 1 amide bonds. The van der Waals surface area contributed by atoms with Gasteiger partial charge < -0.3 is 25.8 Å². The second-order valence-corrected chi connectivity index (χ2v) is 12.3. The summed E-state index contributed by atoms with van der Waals surface area (Å²) >= 11 is 0. The number of benzene rings is 3. The van der Waals surface area contributed by atoms with Gasteiger partial charge in [0.05, 0.1) is 17.3 Å². The number of fused-ring (bicyclic) bond motifs is 1. The fraction of sp³-hybridized carbons (Fsp3) is 0.233. The van der Waals surface area contributed by atoms with E-state index in [1.165, 1.54) is 67.9 Å². The van der Waals surface area contributed by atoms with Gasteiger partial charge in [0.25, 0.3) is 11.6 Å². The average Bonchev–Trinajstić information content (AvgIpc) is 3.86. The number of halogens is 3. The summed E-state index contributed by atoms with van der Waals surface area (Å²) in [6, 6.07) is 17.5. The van der Waals surface area contributed by atoms with Gasteiger partial charge in [0.2, 0.25) is 0 Å². The summed E-state index contributed by atoms with van der Waals surface area (Å²) in [4.78, 5) is 30.5. The van der Waals surface area contributed by atoms with Crippen LogP contribution < -0.4 is 21.1 Å². The molecule has 4 aromatic rings. The van der Waals surface area contributed by atoms with Gasteiger partial charge in [-0.05, 0) is 66.3 Å². The van der Waals surface area contributed by atoms with Crippen molar-refractivity contribution in [1.29, 1.82) is 0 Å². The monoisotopic (exact) mass is 628 g/mol. The van der Waals surface area contributed by atoms with Crippen LogP contribution in [0.1, 0.15) is 24.0 Å². The Morgan fingerprint density at radius 2 is 1.77 bits per heavy atom. The van der Waals surface area contributed by atoms with Gasteiger partial charge in [-0.25, -0.2) is 18.2 Å². The second-order valence-electron chi connectivity index (χ2n) is 10.1. The quantitative estimate of drug-likeness (QED) is 0.171. The predicted octanol–water partition coefficient (Wildman–Crippen LogP) is 4.45. The summed E-state index contributed by atoms with van der Waals surface area (Å²) in [7, 11) is -2.37. The summed E-state index contributed by atoms with van der Waals surface area (Å²) in [5.41, 5.74) is 3.22. The third kappa shape index (κ3) is 6.11. The van der Waals surface area contributed by atoms with Crippen molar-refractivity contribution in [3.05, 3.63) is 90.1 Å². The molecule has 1 saturated carbocycles. The lowest BCUT2D eigenvalue weighted by Gasteiger charge is -2.34. The van der Waals surface area contributed by atoms with Crippen LogP contribution in [0.5, 0.6) is 5.75 Å². The standard InChI is InChI=1S/C30H27F3N4O6S/c1-42-22-7-4-6-20(16-22)29(43-28(39)30(31,32)33,37-21-9-12-24-18(15-21)13-14-35-26(24)34)27(38)36-17-19-5-2-3-8-25(19)44(40,41)23-10-11-23/h2-9,12-16,23,37H,10-11,17H2,1H3,(H2,34,35)(H,36,38). The van der Waals surface area contributed by atoms with Crippen molar-refractivity contribution in [3.8, 4) is 5.75 Å². The van der Waals surface area contributed by atoms with Gasteiger partial charge in [-0.15, -0.1) is 0 Å². The van der Waals surface area contributed by atoms with E-state index in [-0.39, 0.29) is 33.3 Å². The van der Waals surface area contributed by atoms with Crippen LogP contribution in [0.2, 0.25) is 0 Å². The van der Waals surface area contributed by atoms with Crippen molar-refractivity contribution in [3.63, 3.8) is 0 Å². The number of rotatable bonds is 10. The zero-order valence-electron chi connectivity index (χ0n) is 23.2. The average molecular weight is 629 g/mol. The lowest BCUT2D eigenvalue weighted by molar-refractivity contribution is -0.213. The van der Waals surface area contributed by atoms with Crippen molar-refractivity contribution < 1.29 is 40.7 Å². The number of pyridine rings is 1. The van der Waals surface area contributed by atoms with E-state index in [2.05, 4.69) is 15.6 Å². The predicted molar refractivity (Wildman–Crippen MR) is 155 cm³/mol. The maximum absolute atomic E-state index is 14.1. The van der Waals surface area contributed by atoms with E-state index in [1.807, 2.05) is 0 Å². The fourth-order valence-corrected chi connectivity index (χ4v) is 6.59. The highest BCUT2D eigenvalue weighted by Gasteiger charge is 2.52. The lowest BCUT2D eigenvalue weighted by atomic mass is 9.99. The Morgan fingerprint density at radius 1 is 1.02 bits per heavy atom. The minimum absolute atomic E-state index is 0.00393. The molecule has 0 radical (unpaired) electrons. The van der Waals surface area contributed by atoms with E-state index < -0.39 is 45.4 Å². The van der Waals surface area contributed by atoms with Gasteiger partial charge in [-0.1, -0.05) is 30.3 Å². The SMILES string of the molecule is COc1cccc(C(Nc2ccc3c(N)nccc3c2)(OC(=O)C(F)(F)F)C(=O)NCc2ccccc2S(=O)(=O)C2CC2)c1. The molecule has 4 N–H and O–H groups in total. The number of nitrogens with one attached hydrogen (secondary N) is 2. The lowest BCUT2D eigenvalue weighted by Crippen LogP contribution is -2.54. The number of nitrogens with zero attached hydrogens (tertiary/aromatic N) is 1. The Labute approximate surface area is 250 Å². The number of nitrogens with two attached hydrogens (primary N) is 1. The number of nitrogen functional groups attached to an aromatic ring is 1. The number of aromatic nitrogens is 1. The number of carbonyl (C=O) groups is 2. The van der Waals surface area contributed by atoms with Gasteiger partial charge >= 0.3 is 12.1 Å². The Bertz CT molecular complexity index is 1850. The summed E-state index contributed by atoms with van der Waals surface area (Å²) < 4.78 is 77.3. The largest absolute Gasteiger partial charge is 0.497 e. The van der Waals surface area contributed by atoms with Crippen LogP contribution in [0.4, 0.5) is 24.7 Å². The van der Waals surface area contributed by atoms with Crippen LogP contribution in [-0.2, 0) is 36.4 Å². The molecule has 10 nitrogen and oxygen atoms in total. The first-order valence-electron chi connectivity index (χ1n) is 13.3. The number of methoxy groups -OCH3 is 1. The fourth-order valence-electron chi connectivity index (χ4n) is 4.70. The number of anilines is 2. The molecule has 1 heterocycles. The molecule has 1 atom stereocenters. The number of carbonyl (C=O) groups excluding carboxylic acids is 2. The van der Waals surface area contributed by atoms with Crippen LogP contribution in [0.25, 0.3) is 10.8 Å². The molecule has 1 unspecified atom stereocenters. The molecular weight excluding hydrogens is 601 g/mol. The number of amides is 1. The third-order valence-corrected chi connectivity index (χ3v) is 9.43. The maximum atomic E-state index is 14.1. The van der Waals surface area contributed by atoms with Crippen molar-refractivity contribution in [2.45, 2.75) is 41.4 Å². The summed E-state index contributed by atoms with van der Waals surface area (Å²) in [5, 5.41) is 5.71. The smallest absolute Gasteiger partial charge is 0.491 e. The molecule has 0 saturated heterocycles. The molecule has 5 rings (SSSR count). The zero-order valence-corrected chi connectivity index (χ0v) is 24.0.